The molecule has 2 aromatic rings. The molecule has 0 unspecified atom stereocenters. The number of benzene rings is 1. The molecule has 3 nitrogen and oxygen atoms in total. The molecule has 0 spiro atoms. The van der Waals surface area contributed by atoms with Gasteiger partial charge in [0.1, 0.15) is 5.82 Å². The topological polar surface area (TPSA) is 28.2 Å². The lowest BCUT2D eigenvalue weighted by molar-refractivity contribution is 0.620. The second-order valence-electron chi connectivity index (χ2n) is 5.23. The molecule has 0 saturated heterocycles. The largest absolute Gasteiger partial charge is 0.362 e. The molecule has 0 bridgehead atoms. The van der Waals surface area contributed by atoms with E-state index in [1.165, 1.54) is 11.6 Å². The maximum absolute atomic E-state index is 14.1. The molecular weight excluding hydrogens is 289 g/mol. The van der Waals surface area contributed by atoms with Crippen LogP contribution in [0.25, 0.3) is 0 Å². The second kappa shape index (κ2) is 8.86. The number of pyridine rings is 1. The van der Waals surface area contributed by atoms with Gasteiger partial charge < -0.3 is 10.2 Å². The van der Waals surface area contributed by atoms with Crippen molar-refractivity contribution in [1.82, 2.24) is 10.3 Å². The first-order valence-corrected chi connectivity index (χ1v) is 7.59. The van der Waals surface area contributed by atoms with E-state index in [-0.39, 0.29) is 5.82 Å². The van der Waals surface area contributed by atoms with Crippen LogP contribution in [0.4, 0.5) is 10.1 Å². The molecule has 1 N–H and O–H groups in total. The monoisotopic (exact) mass is 311 g/mol. The smallest absolute Gasteiger partial charge is 0.146 e. The maximum atomic E-state index is 14.1. The van der Waals surface area contributed by atoms with Crippen LogP contribution in [0.3, 0.4) is 0 Å². The van der Waals surface area contributed by atoms with Crippen LogP contribution in [0.1, 0.15) is 11.1 Å². The molecule has 1 heterocycles. The van der Waals surface area contributed by atoms with Crippen LogP contribution in [0, 0.1) is 5.82 Å². The van der Waals surface area contributed by atoms with Gasteiger partial charge in [-0.2, -0.15) is 0 Å². The minimum absolute atomic E-state index is 0.230. The Bertz CT molecular complexity index is 630. The first-order chi connectivity index (χ1) is 11.2. The van der Waals surface area contributed by atoms with Crippen molar-refractivity contribution < 1.29 is 4.39 Å². The highest BCUT2D eigenvalue weighted by molar-refractivity contribution is 5.51. The Hall–Kier alpha value is -2.46. The zero-order valence-electron chi connectivity index (χ0n) is 13.2. The third kappa shape index (κ3) is 5.04. The summed E-state index contributed by atoms with van der Waals surface area (Å²) in [7, 11) is 0. The standard InChI is InChI=1S/C19H22FN3/c1-3-11-23(12-4-2)19-13-17(5-6-18(19)20)15-22-14-16-7-9-21-10-8-16/h3-10,13,22H,1-2,11-12,14-15H2. The first-order valence-electron chi connectivity index (χ1n) is 7.59. The Morgan fingerprint density at radius 1 is 1.00 bits per heavy atom. The van der Waals surface area contributed by atoms with Crippen molar-refractivity contribution in [2.75, 3.05) is 18.0 Å². The van der Waals surface area contributed by atoms with Crippen LogP contribution in [0.15, 0.2) is 68.0 Å². The number of halogens is 1. The van der Waals surface area contributed by atoms with Crippen LogP contribution in [0.2, 0.25) is 0 Å². The Labute approximate surface area is 137 Å². The summed E-state index contributed by atoms with van der Waals surface area (Å²) in [6.07, 6.45) is 7.07. The lowest BCUT2D eigenvalue weighted by Gasteiger charge is -2.23. The molecule has 2 rings (SSSR count). The molecule has 0 fully saturated rings. The molecule has 23 heavy (non-hydrogen) atoms. The van der Waals surface area contributed by atoms with Gasteiger partial charge in [0.05, 0.1) is 5.69 Å². The van der Waals surface area contributed by atoms with Gasteiger partial charge in [0.15, 0.2) is 0 Å². The van der Waals surface area contributed by atoms with Gasteiger partial charge in [-0.3, -0.25) is 4.98 Å². The molecule has 0 aliphatic rings. The van der Waals surface area contributed by atoms with Gasteiger partial charge in [-0.1, -0.05) is 18.2 Å². The van der Waals surface area contributed by atoms with E-state index >= 15 is 0 Å². The highest BCUT2D eigenvalue weighted by Crippen LogP contribution is 2.21. The first kappa shape index (κ1) is 16.9. The van der Waals surface area contributed by atoms with E-state index < -0.39 is 0 Å². The van der Waals surface area contributed by atoms with Gasteiger partial charge >= 0.3 is 0 Å². The van der Waals surface area contributed by atoms with E-state index in [0.29, 0.717) is 25.3 Å². The van der Waals surface area contributed by atoms with Gasteiger partial charge in [0.25, 0.3) is 0 Å². The number of hydrogen-bond acceptors (Lipinski definition) is 3. The summed E-state index contributed by atoms with van der Waals surface area (Å²) in [5.74, 6) is -0.230. The van der Waals surface area contributed by atoms with Gasteiger partial charge in [-0.25, -0.2) is 4.39 Å². The fourth-order valence-corrected chi connectivity index (χ4v) is 2.35. The summed E-state index contributed by atoms with van der Waals surface area (Å²) in [5.41, 5.74) is 2.78. The lowest BCUT2D eigenvalue weighted by Crippen LogP contribution is -2.24. The highest BCUT2D eigenvalue weighted by Gasteiger charge is 2.10. The Balaban J connectivity index is 2.03. The Morgan fingerprint density at radius 3 is 2.30 bits per heavy atom. The van der Waals surface area contributed by atoms with Crippen molar-refractivity contribution in [3.05, 3.63) is 85.0 Å². The average molecular weight is 311 g/mol. The number of anilines is 1. The van der Waals surface area contributed by atoms with Gasteiger partial charge in [-0.05, 0) is 35.4 Å². The number of hydrogen-bond donors (Lipinski definition) is 1. The van der Waals surface area contributed by atoms with Crippen molar-refractivity contribution in [2.45, 2.75) is 13.1 Å². The summed E-state index contributed by atoms with van der Waals surface area (Å²) < 4.78 is 14.1. The third-order valence-corrected chi connectivity index (χ3v) is 3.46. The predicted octanol–water partition coefficient (Wildman–Crippen LogP) is 3.69. The molecule has 0 aliphatic carbocycles. The minimum atomic E-state index is -0.230. The molecule has 120 valence electrons. The number of aromatic nitrogens is 1. The molecule has 0 atom stereocenters. The van der Waals surface area contributed by atoms with Crippen molar-refractivity contribution in [3.8, 4) is 0 Å². The quantitative estimate of drug-likeness (QED) is 0.716. The average Bonchev–Trinajstić information content (AvgIpc) is 2.57. The summed E-state index contributed by atoms with van der Waals surface area (Å²) in [4.78, 5) is 5.90. The second-order valence-corrected chi connectivity index (χ2v) is 5.23. The summed E-state index contributed by atoms with van der Waals surface area (Å²) >= 11 is 0. The Morgan fingerprint density at radius 2 is 1.65 bits per heavy atom. The van der Waals surface area contributed by atoms with Crippen molar-refractivity contribution >= 4 is 5.69 Å². The van der Waals surface area contributed by atoms with Gasteiger partial charge in [-0.15, -0.1) is 13.2 Å². The van der Waals surface area contributed by atoms with Crippen molar-refractivity contribution in [3.63, 3.8) is 0 Å². The molecule has 0 aliphatic heterocycles. The molecule has 0 saturated carbocycles. The van der Waals surface area contributed by atoms with E-state index in [0.717, 1.165) is 12.1 Å². The zero-order valence-corrected chi connectivity index (χ0v) is 13.2. The molecule has 0 amide bonds. The van der Waals surface area contributed by atoms with Crippen LogP contribution >= 0.6 is 0 Å². The number of nitrogens with zero attached hydrogens (tertiary/aromatic N) is 2. The Kier molecular flexibility index (Phi) is 6.51. The highest BCUT2D eigenvalue weighted by atomic mass is 19.1. The molecular formula is C19H22FN3. The van der Waals surface area contributed by atoms with Crippen molar-refractivity contribution in [1.29, 1.82) is 0 Å². The molecule has 1 aromatic carbocycles. The summed E-state index contributed by atoms with van der Waals surface area (Å²) in [5, 5.41) is 3.36. The van der Waals surface area contributed by atoms with E-state index in [1.807, 2.05) is 23.1 Å². The maximum Gasteiger partial charge on any atom is 0.146 e. The van der Waals surface area contributed by atoms with E-state index in [4.69, 9.17) is 0 Å². The van der Waals surface area contributed by atoms with Crippen LogP contribution in [-0.4, -0.2) is 18.1 Å². The summed E-state index contributed by atoms with van der Waals surface area (Å²) in [6, 6.07) is 9.14. The lowest BCUT2D eigenvalue weighted by atomic mass is 10.1. The minimum Gasteiger partial charge on any atom is -0.362 e. The third-order valence-electron chi connectivity index (χ3n) is 3.46. The number of nitrogens with one attached hydrogen (secondary N) is 1. The normalized spacial score (nSPS) is 10.3. The fourth-order valence-electron chi connectivity index (χ4n) is 2.35. The zero-order chi connectivity index (χ0) is 16.5. The van der Waals surface area contributed by atoms with Crippen LogP contribution in [-0.2, 0) is 13.1 Å². The van der Waals surface area contributed by atoms with Crippen LogP contribution < -0.4 is 10.2 Å². The van der Waals surface area contributed by atoms with E-state index in [2.05, 4.69) is 23.5 Å². The van der Waals surface area contributed by atoms with Crippen molar-refractivity contribution in [2.24, 2.45) is 0 Å². The van der Waals surface area contributed by atoms with E-state index in [9.17, 15) is 4.39 Å². The van der Waals surface area contributed by atoms with Crippen LogP contribution in [0.5, 0.6) is 0 Å². The van der Waals surface area contributed by atoms with E-state index in [1.54, 1.807) is 30.6 Å². The predicted molar refractivity (Wildman–Crippen MR) is 93.8 cm³/mol. The molecule has 0 radical (unpaired) electrons. The van der Waals surface area contributed by atoms with Gasteiger partial charge in [0.2, 0.25) is 0 Å². The van der Waals surface area contributed by atoms with Gasteiger partial charge in [0, 0.05) is 38.6 Å². The molecule has 1 aromatic heterocycles. The SMILES string of the molecule is C=CCN(CC=C)c1cc(CNCc2ccncc2)ccc1F. The fraction of sp³-hybridized carbons (Fsp3) is 0.211. The summed E-state index contributed by atoms with van der Waals surface area (Å²) in [6.45, 7) is 10.0. The number of rotatable bonds is 9. The molecule has 4 heteroatoms.